The molecule has 5 heteroatoms. The van der Waals surface area contributed by atoms with Crippen molar-refractivity contribution >= 4 is 17.5 Å². The molecule has 0 bridgehead atoms. The van der Waals surface area contributed by atoms with Crippen molar-refractivity contribution < 1.29 is 9.53 Å². The molecule has 0 saturated heterocycles. The maximum atomic E-state index is 12.7. The van der Waals surface area contributed by atoms with Gasteiger partial charge >= 0.3 is 0 Å². The van der Waals surface area contributed by atoms with E-state index in [-0.39, 0.29) is 24.5 Å². The van der Waals surface area contributed by atoms with Gasteiger partial charge in [0, 0.05) is 11.1 Å². The van der Waals surface area contributed by atoms with Crippen molar-refractivity contribution in [1.29, 1.82) is 0 Å². The Morgan fingerprint density at radius 1 is 0.897 bits per heavy atom. The lowest BCUT2D eigenvalue weighted by Gasteiger charge is -2.21. The minimum atomic E-state index is -0.234. The summed E-state index contributed by atoms with van der Waals surface area (Å²) in [5, 5.41) is 7.11. The van der Waals surface area contributed by atoms with E-state index < -0.39 is 0 Å². The van der Waals surface area contributed by atoms with Crippen LogP contribution < -0.4 is 15.4 Å². The summed E-state index contributed by atoms with van der Waals surface area (Å²) in [6.45, 7) is 2.23. The van der Waals surface area contributed by atoms with Gasteiger partial charge in [0.15, 0.2) is 0 Å². The van der Waals surface area contributed by atoms with Gasteiger partial charge in [-0.05, 0) is 47.9 Å². The number of carbonyl (C=O) groups excluding carboxylic acids is 1. The Labute approximate surface area is 176 Å². The van der Waals surface area contributed by atoms with Crippen LogP contribution in [-0.2, 0) is 4.79 Å². The Hall–Kier alpha value is -2.82. The van der Waals surface area contributed by atoms with Crippen LogP contribution in [0.15, 0.2) is 78.9 Å². The van der Waals surface area contributed by atoms with Crippen LogP contribution >= 0.6 is 11.6 Å². The minimum Gasteiger partial charge on any atom is -0.497 e. The first-order valence-corrected chi connectivity index (χ1v) is 9.91. The molecule has 0 fully saturated rings. The fourth-order valence-electron chi connectivity index (χ4n) is 3.13. The van der Waals surface area contributed by atoms with Gasteiger partial charge in [-0.3, -0.25) is 4.79 Å². The van der Waals surface area contributed by atoms with Crippen molar-refractivity contribution in [2.45, 2.75) is 19.0 Å². The SMILES string of the molecule is COc1ccc([C@H](NC(=O)CN[C@H](C)c2ccc(Cl)cc2)c2ccccc2)cc1. The molecule has 3 aromatic carbocycles. The number of nitrogens with one attached hydrogen (secondary N) is 2. The molecule has 29 heavy (non-hydrogen) atoms. The summed E-state index contributed by atoms with van der Waals surface area (Å²) in [4.78, 5) is 12.7. The van der Waals surface area contributed by atoms with Crippen molar-refractivity contribution in [3.05, 3.63) is 101 Å². The highest BCUT2D eigenvalue weighted by Gasteiger charge is 2.17. The third kappa shape index (κ3) is 5.83. The molecular formula is C24H25ClN2O2. The summed E-state index contributed by atoms with van der Waals surface area (Å²) in [5.74, 6) is 0.709. The number of carbonyl (C=O) groups is 1. The molecule has 0 heterocycles. The van der Waals surface area contributed by atoms with Crippen LogP contribution in [0.2, 0.25) is 5.02 Å². The highest BCUT2D eigenvalue weighted by Crippen LogP contribution is 2.24. The zero-order valence-electron chi connectivity index (χ0n) is 16.6. The highest BCUT2D eigenvalue weighted by atomic mass is 35.5. The van der Waals surface area contributed by atoms with Crippen molar-refractivity contribution in [3.63, 3.8) is 0 Å². The maximum Gasteiger partial charge on any atom is 0.234 e. The third-order valence-corrected chi connectivity index (χ3v) is 5.08. The van der Waals surface area contributed by atoms with Crippen LogP contribution in [0.1, 0.15) is 35.7 Å². The summed E-state index contributed by atoms with van der Waals surface area (Å²) in [6, 6.07) is 25.1. The average Bonchev–Trinajstić information content (AvgIpc) is 2.77. The molecule has 3 rings (SSSR count). The normalized spacial score (nSPS) is 12.8. The van der Waals surface area contributed by atoms with E-state index in [1.165, 1.54) is 0 Å². The van der Waals surface area contributed by atoms with Crippen LogP contribution in [-0.4, -0.2) is 19.6 Å². The lowest BCUT2D eigenvalue weighted by Crippen LogP contribution is -2.37. The fraction of sp³-hybridized carbons (Fsp3) is 0.208. The summed E-state index contributed by atoms with van der Waals surface area (Å²) >= 11 is 5.94. The van der Waals surface area contributed by atoms with E-state index >= 15 is 0 Å². The van der Waals surface area contributed by atoms with Gasteiger partial charge in [0.05, 0.1) is 19.7 Å². The van der Waals surface area contributed by atoms with Crippen molar-refractivity contribution in [1.82, 2.24) is 10.6 Å². The molecule has 0 aliphatic rings. The molecule has 0 unspecified atom stereocenters. The quantitative estimate of drug-likeness (QED) is 0.557. The van der Waals surface area contributed by atoms with Crippen molar-refractivity contribution in [2.75, 3.05) is 13.7 Å². The molecule has 3 aromatic rings. The number of halogens is 1. The zero-order chi connectivity index (χ0) is 20.6. The van der Waals surface area contributed by atoms with Crippen molar-refractivity contribution in [2.24, 2.45) is 0 Å². The predicted octanol–water partition coefficient (Wildman–Crippen LogP) is 4.91. The molecule has 0 aliphatic carbocycles. The van der Waals surface area contributed by atoms with Gasteiger partial charge in [0.1, 0.15) is 5.75 Å². The van der Waals surface area contributed by atoms with E-state index in [9.17, 15) is 4.79 Å². The molecule has 0 radical (unpaired) electrons. The molecule has 0 saturated carbocycles. The number of ether oxygens (including phenoxy) is 1. The molecular weight excluding hydrogens is 384 g/mol. The topological polar surface area (TPSA) is 50.4 Å². The van der Waals surface area contributed by atoms with Crippen LogP contribution in [0.5, 0.6) is 5.75 Å². The van der Waals surface area contributed by atoms with Gasteiger partial charge in [-0.1, -0.05) is 66.2 Å². The molecule has 2 N–H and O–H groups in total. The lowest BCUT2D eigenvalue weighted by atomic mass is 9.98. The monoisotopic (exact) mass is 408 g/mol. The Bertz CT molecular complexity index is 912. The number of methoxy groups -OCH3 is 1. The second kappa shape index (κ2) is 10.1. The lowest BCUT2D eigenvalue weighted by molar-refractivity contribution is -0.120. The molecule has 0 spiro atoms. The van der Waals surface area contributed by atoms with Crippen LogP contribution in [0.4, 0.5) is 0 Å². The summed E-state index contributed by atoms with van der Waals surface area (Å²) in [6.07, 6.45) is 0. The Morgan fingerprint density at radius 2 is 1.48 bits per heavy atom. The van der Waals surface area contributed by atoms with E-state index in [0.717, 1.165) is 22.4 Å². The predicted molar refractivity (Wildman–Crippen MR) is 117 cm³/mol. The Morgan fingerprint density at radius 3 is 2.10 bits per heavy atom. The number of hydrogen-bond acceptors (Lipinski definition) is 3. The van der Waals surface area contributed by atoms with Gasteiger partial charge in [-0.15, -0.1) is 0 Å². The van der Waals surface area contributed by atoms with Crippen LogP contribution in [0.25, 0.3) is 0 Å². The number of benzene rings is 3. The van der Waals surface area contributed by atoms with Gasteiger partial charge in [-0.25, -0.2) is 0 Å². The Balaban J connectivity index is 1.68. The standard InChI is InChI=1S/C24H25ClN2O2/c1-17(18-8-12-21(25)13-9-18)26-16-23(28)27-24(19-6-4-3-5-7-19)20-10-14-22(29-2)15-11-20/h3-15,17,24,26H,16H2,1-2H3,(H,27,28)/t17-,24-/m1/s1. The maximum absolute atomic E-state index is 12.7. The first-order valence-electron chi connectivity index (χ1n) is 9.54. The Kier molecular flexibility index (Phi) is 7.28. The molecule has 2 atom stereocenters. The van der Waals surface area contributed by atoms with Gasteiger partial charge in [0.2, 0.25) is 5.91 Å². The highest BCUT2D eigenvalue weighted by molar-refractivity contribution is 6.30. The number of hydrogen-bond donors (Lipinski definition) is 2. The number of amides is 1. The first kappa shape index (κ1) is 20.9. The fourth-order valence-corrected chi connectivity index (χ4v) is 3.25. The average molecular weight is 409 g/mol. The van der Waals surface area contributed by atoms with E-state index in [2.05, 4.69) is 10.6 Å². The summed E-state index contributed by atoms with van der Waals surface area (Å²) < 4.78 is 5.24. The zero-order valence-corrected chi connectivity index (χ0v) is 17.3. The molecule has 1 amide bonds. The third-order valence-electron chi connectivity index (χ3n) is 4.83. The van der Waals surface area contributed by atoms with E-state index in [1.54, 1.807) is 7.11 Å². The van der Waals surface area contributed by atoms with Gasteiger partial charge in [0.25, 0.3) is 0 Å². The van der Waals surface area contributed by atoms with Gasteiger partial charge in [-0.2, -0.15) is 0 Å². The van der Waals surface area contributed by atoms with E-state index in [1.807, 2.05) is 85.8 Å². The first-order chi connectivity index (χ1) is 14.1. The molecule has 0 aromatic heterocycles. The van der Waals surface area contributed by atoms with Crippen LogP contribution in [0.3, 0.4) is 0 Å². The van der Waals surface area contributed by atoms with E-state index in [4.69, 9.17) is 16.3 Å². The molecule has 0 aliphatic heterocycles. The van der Waals surface area contributed by atoms with Crippen molar-refractivity contribution in [3.8, 4) is 5.75 Å². The second-order valence-corrected chi connectivity index (χ2v) is 7.27. The number of rotatable bonds is 8. The van der Waals surface area contributed by atoms with E-state index in [0.29, 0.717) is 5.02 Å². The smallest absolute Gasteiger partial charge is 0.234 e. The van der Waals surface area contributed by atoms with Gasteiger partial charge < -0.3 is 15.4 Å². The second-order valence-electron chi connectivity index (χ2n) is 6.84. The summed E-state index contributed by atoms with van der Waals surface area (Å²) in [7, 11) is 1.64. The largest absolute Gasteiger partial charge is 0.497 e. The van der Waals surface area contributed by atoms with Crippen LogP contribution in [0, 0.1) is 0 Å². The molecule has 150 valence electrons. The minimum absolute atomic E-state index is 0.0363. The summed E-state index contributed by atoms with van der Waals surface area (Å²) in [5.41, 5.74) is 3.10. The molecule has 4 nitrogen and oxygen atoms in total.